The Hall–Kier alpha value is -3.73. The minimum absolute atomic E-state index is 0.269. The molecule has 0 saturated carbocycles. The van der Waals surface area contributed by atoms with Gasteiger partial charge in [-0.3, -0.25) is 4.98 Å². The lowest BCUT2D eigenvalue weighted by Crippen LogP contribution is -2.14. The molecule has 0 saturated heterocycles. The van der Waals surface area contributed by atoms with E-state index in [0.29, 0.717) is 11.4 Å². The number of ether oxygens (including phenoxy) is 2. The molecule has 1 heterocycles. The third kappa shape index (κ3) is 3.94. The largest absolute Gasteiger partial charge is 0.497 e. The summed E-state index contributed by atoms with van der Waals surface area (Å²) in [5.74, 6) is -0.271. The lowest BCUT2D eigenvalue weighted by molar-refractivity contribution is 0.0373. The van der Waals surface area contributed by atoms with Crippen LogP contribution in [0.5, 0.6) is 5.75 Å². The zero-order valence-electron chi connectivity index (χ0n) is 15.7. The van der Waals surface area contributed by atoms with E-state index in [0.717, 1.165) is 16.3 Å². The molecule has 0 N–H and O–H groups in total. The van der Waals surface area contributed by atoms with E-state index >= 15 is 0 Å². The monoisotopic (exact) mass is 387 g/mol. The molecule has 4 rings (SSSR count). The highest BCUT2D eigenvalue weighted by Gasteiger charge is 2.23. The zero-order chi connectivity index (χ0) is 20.2. The maximum absolute atomic E-state index is 13.2. The molecule has 4 aromatic rings. The molecule has 0 unspecified atom stereocenters. The number of aromatic nitrogens is 1. The first kappa shape index (κ1) is 18.6. The normalized spacial score (nSPS) is 11.8. The van der Waals surface area contributed by atoms with Crippen LogP contribution in [0.2, 0.25) is 0 Å². The highest BCUT2D eigenvalue weighted by atomic mass is 19.1. The summed E-state index contributed by atoms with van der Waals surface area (Å²) >= 11 is 0. The van der Waals surface area contributed by atoms with Crippen molar-refractivity contribution in [1.29, 1.82) is 0 Å². The number of hydrogen-bond acceptors (Lipinski definition) is 4. The second kappa shape index (κ2) is 8.10. The van der Waals surface area contributed by atoms with Crippen molar-refractivity contribution in [3.05, 3.63) is 108 Å². The maximum atomic E-state index is 13.2. The summed E-state index contributed by atoms with van der Waals surface area (Å²) in [6, 6.07) is 22.2. The molecule has 4 nitrogen and oxygen atoms in total. The van der Waals surface area contributed by atoms with Gasteiger partial charge in [-0.1, -0.05) is 36.4 Å². The van der Waals surface area contributed by atoms with Crippen molar-refractivity contribution in [2.75, 3.05) is 7.11 Å². The summed E-state index contributed by atoms with van der Waals surface area (Å²) in [6.45, 7) is 0. The third-order valence-corrected chi connectivity index (χ3v) is 4.68. The molecular weight excluding hydrogens is 369 g/mol. The molecule has 0 fully saturated rings. The minimum Gasteiger partial charge on any atom is -0.497 e. The van der Waals surface area contributed by atoms with E-state index in [4.69, 9.17) is 9.47 Å². The first-order chi connectivity index (χ1) is 14.2. The van der Waals surface area contributed by atoms with Gasteiger partial charge in [0.15, 0.2) is 6.10 Å². The van der Waals surface area contributed by atoms with Crippen LogP contribution in [0.3, 0.4) is 0 Å². The number of esters is 1. The number of carbonyl (C=O) groups excluding carboxylic acids is 1. The summed E-state index contributed by atoms with van der Waals surface area (Å²) in [5, 5.41) is 1.89. The molecule has 0 aliphatic heterocycles. The Morgan fingerprint density at radius 3 is 2.38 bits per heavy atom. The highest BCUT2D eigenvalue weighted by molar-refractivity contribution is 5.90. The molecule has 1 atom stereocenters. The highest BCUT2D eigenvalue weighted by Crippen LogP contribution is 2.32. The Morgan fingerprint density at radius 2 is 1.66 bits per heavy atom. The number of nitrogens with zero attached hydrogens (tertiary/aromatic N) is 1. The van der Waals surface area contributed by atoms with Crippen molar-refractivity contribution < 1.29 is 18.7 Å². The molecule has 29 heavy (non-hydrogen) atoms. The maximum Gasteiger partial charge on any atom is 0.339 e. The smallest absolute Gasteiger partial charge is 0.339 e. The van der Waals surface area contributed by atoms with Gasteiger partial charge in [-0.25, -0.2) is 9.18 Å². The first-order valence-corrected chi connectivity index (χ1v) is 9.10. The van der Waals surface area contributed by atoms with Crippen LogP contribution in [-0.4, -0.2) is 18.1 Å². The van der Waals surface area contributed by atoms with Gasteiger partial charge < -0.3 is 9.47 Å². The number of rotatable bonds is 5. The Bertz CT molecular complexity index is 1140. The predicted molar refractivity (Wildman–Crippen MR) is 108 cm³/mol. The Kier molecular flexibility index (Phi) is 5.20. The molecule has 0 aliphatic rings. The van der Waals surface area contributed by atoms with Crippen LogP contribution in [0.25, 0.3) is 10.8 Å². The second-order valence-corrected chi connectivity index (χ2v) is 6.48. The number of pyridine rings is 1. The van der Waals surface area contributed by atoms with Crippen LogP contribution in [0, 0.1) is 5.82 Å². The molecule has 0 aliphatic carbocycles. The van der Waals surface area contributed by atoms with E-state index in [1.807, 2.05) is 42.5 Å². The van der Waals surface area contributed by atoms with Crippen LogP contribution in [0.15, 0.2) is 85.1 Å². The van der Waals surface area contributed by atoms with Crippen molar-refractivity contribution in [3.63, 3.8) is 0 Å². The molecule has 1 aromatic heterocycles. The number of benzene rings is 3. The van der Waals surface area contributed by atoms with Crippen LogP contribution >= 0.6 is 0 Å². The van der Waals surface area contributed by atoms with Gasteiger partial charge in [0.2, 0.25) is 0 Å². The van der Waals surface area contributed by atoms with E-state index in [2.05, 4.69) is 4.98 Å². The van der Waals surface area contributed by atoms with Crippen LogP contribution in [-0.2, 0) is 4.74 Å². The fourth-order valence-electron chi connectivity index (χ4n) is 3.17. The molecular formula is C24H18FNO3. The molecule has 0 bridgehead atoms. The summed E-state index contributed by atoms with van der Waals surface area (Å²) in [4.78, 5) is 17.3. The topological polar surface area (TPSA) is 48.4 Å². The van der Waals surface area contributed by atoms with E-state index in [-0.39, 0.29) is 5.56 Å². The van der Waals surface area contributed by atoms with E-state index in [1.165, 1.54) is 24.3 Å². The SMILES string of the molecule is COc1ccc([C@@H](OC(=O)c2ccc(F)cc2)c2nccc3ccccc23)cc1. The van der Waals surface area contributed by atoms with Gasteiger partial charge in [-0.2, -0.15) is 0 Å². The zero-order valence-corrected chi connectivity index (χ0v) is 15.7. The fraction of sp³-hybridized carbons (Fsp3) is 0.0833. The van der Waals surface area contributed by atoms with E-state index in [1.54, 1.807) is 25.4 Å². The van der Waals surface area contributed by atoms with Crippen molar-refractivity contribution in [2.24, 2.45) is 0 Å². The Morgan fingerprint density at radius 1 is 0.931 bits per heavy atom. The van der Waals surface area contributed by atoms with Crippen molar-refractivity contribution >= 4 is 16.7 Å². The average molecular weight is 387 g/mol. The minimum atomic E-state index is -0.732. The van der Waals surface area contributed by atoms with Crippen LogP contribution in [0.4, 0.5) is 4.39 Å². The first-order valence-electron chi connectivity index (χ1n) is 9.10. The van der Waals surface area contributed by atoms with Gasteiger partial charge in [0.25, 0.3) is 0 Å². The van der Waals surface area contributed by atoms with Gasteiger partial charge in [0.1, 0.15) is 11.6 Å². The van der Waals surface area contributed by atoms with E-state index in [9.17, 15) is 9.18 Å². The Balaban J connectivity index is 1.78. The van der Waals surface area contributed by atoms with Crippen LogP contribution in [0.1, 0.15) is 27.7 Å². The number of hydrogen-bond donors (Lipinski definition) is 0. The number of methoxy groups -OCH3 is 1. The van der Waals surface area contributed by atoms with Crippen LogP contribution < -0.4 is 4.74 Å². The Labute approximate surface area is 167 Å². The molecule has 0 spiro atoms. The predicted octanol–water partition coefficient (Wildman–Crippen LogP) is 5.33. The lowest BCUT2D eigenvalue weighted by atomic mass is 10.0. The third-order valence-electron chi connectivity index (χ3n) is 4.68. The standard InChI is InChI=1S/C24H18FNO3/c1-28-20-12-8-17(9-13-20)23(29-24(27)18-6-10-19(25)11-7-18)22-21-5-3-2-4-16(21)14-15-26-22/h2-15,23H,1H3/t23-/m1/s1. The van der Waals surface area contributed by atoms with Crippen molar-refractivity contribution in [2.45, 2.75) is 6.10 Å². The molecule has 5 heteroatoms. The molecule has 0 radical (unpaired) electrons. The molecule has 3 aromatic carbocycles. The van der Waals surface area contributed by atoms with Crippen molar-refractivity contribution in [3.8, 4) is 5.75 Å². The van der Waals surface area contributed by atoms with Gasteiger partial charge in [0, 0.05) is 11.6 Å². The summed E-state index contributed by atoms with van der Waals surface area (Å²) in [5.41, 5.74) is 1.65. The van der Waals surface area contributed by atoms with Gasteiger partial charge in [-0.05, 0) is 53.4 Å². The van der Waals surface area contributed by atoms with E-state index < -0.39 is 17.9 Å². The number of fused-ring (bicyclic) bond motifs is 1. The summed E-state index contributed by atoms with van der Waals surface area (Å²) in [6.07, 6.45) is 0.962. The van der Waals surface area contributed by atoms with Gasteiger partial charge >= 0.3 is 5.97 Å². The quantitative estimate of drug-likeness (QED) is 0.434. The van der Waals surface area contributed by atoms with Gasteiger partial charge in [0.05, 0.1) is 18.4 Å². The molecule has 144 valence electrons. The number of halogens is 1. The summed E-state index contributed by atoms with van der Waals surface area (Å²) in [7, 11) is 1.59. The fourth-order valence-corrected chi connectivity index (χ4v) is 3.17. The second-order valence-electron chi connectivity index (χ2n) is 6.48. The lowest BCUT2D eigenvalue weighted by Gasteiger charge is -2.20. The molecule has 0 amide bonds. The number of carbonyl (C=O) groups is 1. The average Bonchev–Trinajstić information content (AvgIpc) is 2.77. The van der Waals surface area contributed by atoms with Gasteiger partial charge in [-0.15, -0.1) is 0 Å². The van der Waals surface area contributed by atoms with Crippen molar-refractivity contribution in [1.82, 2.24) is 4.98 Å². The summed E-state index contributed by atoms with van der Waals surface area (Å²) < 4.78 is 24.3.